The molecule has 4 rings (SSSR count). The average Bonchev–Trinajstić information content (AvgIpc) is 2.83. The van der Waals surface area contributed by atoms with E-state index in [-0.39, 0.29) is 0 Å². The second-order valence-corrected chi connectivity index (χ2v) is 8.96. The molecule has 0 unspecified atom stereocenters. The van der Waals surface area contributed by atoms with E-state index in [1.807, 2.05) is 6.07 Å². The molecule has 0 aliphatic heterocycles. The van der Waals surface area contributed by atoms with E-state index in [9.17, 15) is 5.53 Å². The van der Waals surface area contributed by atoms with Gasteiger partial charge in [0.15, 0.2) is 0 Å². The molecule has 0 atom stereocenters. The van der Waals surface area contributed by atoms with E-state index >= 15 is 0 Å². The summed E-state index contributed by atoms with van der Waals surface area (Å²) in [5, 5.41) is 4.78. The second-order valence-electron chi connectivity index (χ2n) is 8.96. The maximum Gasteiger partial charge on any atom is 0.277 e. The molecule has 0 aromatic heterocycles. The van der Waals surface area contributed by atoms with Gasteiger partial charge in [0.2, 0.25) is 0 Å². The molecule has 0 amide bonds. The van der Waals surface area contributed by atoms with Crippen LogP contribution in [-0.4, -0.2) is 17.1 Å². The van der Waals surface area contributed by atoms with Crippen molar-refractivity contribution in [3.63, 3.8) is 0 Å². The van der Waals surface area contributed by atoms with Gasteiger partial charge in [-0.15, -0.1) is 0 Å². The number of nitrogens with zero attached hydrogens (tertiary/aromatic N) is 2. The molecule has 0 fully saturated rings. The van der Waals surface area contributed by atoms with Gasteiger partial charge in [-0.1, -0.05) is 92.4 Å². The highest BCUT2D eigenvalue weighted by Gasteiger charge is 2.12. The first-order chi connectivity index (χ1) is 16.1. The Hall–Kier alpha value is -3.42. The lowest BCUT2D eigenvalue weighted by atomic mass is 9.97. The summed E-state index contributed by atoms with van der Waals surface area (Å²) in [7, 11) is 0. The highest BCUT2D eigenvalue weighted by Crippen LogP contribution is 2.23. The van der Waals surface area contributed by atoms with Crippen LogP contribution >= 0.6 is 0 Å². The lowest BCUT2D eigenvalue weighted by Gasteiger charge is -2.08. The molecule has 0 saturated heterocycles. The Morgan fingerprint density at radius 2 is 1.33 bits per heavy atom. The van der Waals surface area contributed by atoms with Crippen LogP contribution in [0, 0.1) is 6.92 Å². The first-order valence-electron chi connectivity index (χ1n) is 12.0. The number of fused-ring (bicyclic) bond motifs is 2. The van der Waals surface area contributed by atoms with Gasteiger partial charge in [0, 0.05) is 0 Å². The molecule has 0 radical (unpaired) electrons. The van der Waals surface area contributed by atoms with Gasteiger partial charge in [0.25, 0.3) is 5.71 Å². The van der Waals surface area contributed by atoms with Gasteiger partial charge in [-0.2, -0.15) is 4.79 Å². The van der Waals surface area contributed by atoms with E-state index in [1.54, 1.807) is 0 Å². The predicted octanol–water partition coefficient (Wildman–Crippen LogP) is 7.72. The molecule has 0 spiro atoms. The fourth-order valence-corrected chi connectivity index (χ4v) is 4.32. The monoisotopic (exact) mass is 436 g/mol. The average molecular weight is 437 g/mol. The predicted molar refractivity (Wildman–Crippen MR) is 138 cm³/mol. The number of aryl methyl sites for hydroxylation is 1. The smallest absolute Gasteiger partial charge is 0.277 e. The fraction of sp³-hybridized carbons (Fsp3) is 0.300. The minimum absolute atomic E-state index is 0.619. The third-order valence-electron chi connectivity index (χ3n) is 6.16. The summed E-state index contributed by atoms with van der Waals surface area (Å²) in [4.78, 5) is 3.62. The molecule has 3 nitrogen and oxygen atoms in total. The number of unbranched alkanes of at least 4 members (excludes halogenated alkanes) is 3. The van der Waals surface area contributed by atoms with Crippen molar-refractivity contribution < 1.29 is 9.53 Å². The number of hydrogen-bond donors (Lipinski definition) is 0. The Kier molecular flexibility index (Phi) is 7.55. The van der Waals surface area contributed by atoms with Crippen LogP contribution in [0.5, 0.6) is 5.75 Å². The Balaban J connectivity index is 1.42. The summed E-state index contributed by atoms with van der Waals surface area (Å²) in [5.41, 5.74) is 14.0. The van der Waals surface area contributed by atoms with E-state index < -0.39 is 0 Å². The SMILES string of the molecule is CCCCCCOc1ccc2cc(CC(Cc3ccc4cc(C)ccc4c3)=[N+]=[N-])ccc2c1. The lowest BCUT2D eigenvalue weighted by molar-refractivity contribution is -0.00976. The van der Waals surface area contributed by atoms with E-state index in [4.69, 9.17) is 4.74 Å². The largest absolute Gasteiger partial charge is 0.494 e. The van der Waals surface area contributed by atoms with Crippen LogP contribution in [-0.2, 0) is 12.8 Å². The van der Waals surface area contributed by atoms with Crippen LogP contribution in [0.15, 0.2) is 72.8 Å². The van der Waals surface area contributed by atoms with Gasteiger partial charge in [-0.05, 0) is 58.1 Å². The van der Waals surface area contributed by atoms with E-state index in [1.165, 1.54) is 41.0 Å². The Morgan fingerprint density at radius 1 is 0.727 bits per heavy atom. The van der Waals surface area contributed by atoms with E-state index in [2.05, 4.69) is 85.4 Å². The molecule has 0 aliphatic rings. The first-order valence-corrected chi connectivity index (χ1v) is 12.0. The number of benzene rings is 4. The Morgan fingerprint density at radius 3 is 2.00 bits per heavy atom. The van der Waals surface area contributed by atoms with Crippen molar-refractivity contribution in [3.05, 3.63) is 95.0 Å². The fourth-order valence-electron chi connectivity index (χ4n) is 4.32. The lowest BCUT2D eigenvalue weighted by Crippen LogP contribution is -2.08. The van der Waals surface area contributed by atoms with Gasteiger partial charge in [0.1, 0.15) is 5.75 Å². The van der Waals surface area contributed by atoms with Crippen molar-refractivity contribution in [2.45, 2.75) is 52.4 Å². The van der Waals surface area contributed by atoms with Gasteiger partial charge in [0.05, 0.1) is 19.4 Å². The van der Waals surface area contributed by atoms with Gasteiger partial charge in [-0.25, -0.2) is 0 Å². The van der Waals surface area contributed by atoms with Gasteiger partial charge >= 0.3 is 0 Å². The normalized spacial score (nSPS) is 11.0. The Bertz CT molecular complexity index is 1300. The van der Waals surface area contributed by atoms with Gasteiger partial charge < -0.3 is 10.3 Å². The van der Waals surface area contributed by atoms with Crippen LogP contribution in [0.2, 0.25) is 0 Å². The highest BCUT2D eigenvalue weighted by atomic mass is 16.5. The van der Waals surface area contributed by atoms with Crippen LogP contribution < -0.4 is 4.74 Å². The van der Waals surface area contributed by atoms with E-state index in [0.717, 1.165) is 41.0 Å². The quantitative estimate of drug-likeness (QED) is 0.109. The molecule has 168 valence electrons. The van der Waals surface area contributed by atoms with Crippen molar-refractivity contribution >= 4 is 27.3 Å². The molecule has 0 N–H and O–H groups in total. The molecule has 33 heavy (non-hydrogen) atoms. The summed E-state index contributed by atoms with van der Waals surface area (Å²) in [5.74, 6) is 0.927. The van der Waals surface area contributed by atoms with E-state index in [0.29, 0.717) is 12.8 Å². The maximum atomic E-state index is 9.66. The molecule has 0 aliphatic carbocycles. The highest BCUT2D eigenvalue weighted by molar-refractivity contribution is 5.89. The summed E-state index contributed by atoms with van der Waals surface area (Å²) in [6.07, 6.45) is 6.08. The number of rotatable bonds is 10. The molecular weight excluding hydrogens is 404 g/mol. The molecule has 3 heteroatoms. The van der Waals surface area contributed by atoms with Crippen molar-refractivity contribution in [2.24, 2.45) is 0 Å². The second kappa shape index (κ2) is 10.9. The van der Waals surface area contributed by atoms with Crippen LogP contribution in [0.25, 0.3) is 27.1 Å². The molecule has 0 saturated carbocycles. The summed E-state index contributed by atoms with van der Waals surface area (Å²) in [6, 6.07) is 25.6. The third kappa shape index (κ3) is 6.09. The van der Waals surface area contributed by atoms with Crippen LogP contribution in [0.4, 0.5) is 0 Å². The molecule has 4 aromatic carbocycles. The topological polar surface area (TPSA) is 45.6 Å². The first kappa shape index (κ1) is 22.8. The zero-order valence-corrected chi connectivity index (χ0v) is 19.7. The third-order valence-corrected chi connectivity index (χ3v) is 6.16. The van der Waals surface area contributed by atoms with Crippen molar-refractivity contribution in [2.75, 3.05) is 6.61 Å². The maximum absolute atomic E-state index is 9.66. The number of ether oxygens (including phenoxy) is 1. The minimum Gasteiger partial charge on any atom is -0.494 e. The number of hydrogen-bond acceptors (Lipinski definition) is 1. The zero-order chi connectivity index (χ0) is 23.0. The zero-order valence-electron chi connectivity index (χ0n) is 19.7. The molecular formula is C30H32N2O. The van der Waals surface area contributed by atoms with Crippen molar-refractivity contribution in [3.8, 4) is 5.75 Å². The minimum atomic E-state index is 0.619. The van der Waals surface area contributed by atoms with Crippen LogP contribution in [0.3, 0.4) is 0 Å². The Labute approximate surface area is 196 Å². The van der Waals surface area contributed by atoms with Gasteiger partial charge in [-0.3, -0.25) is 0 Å². The molecule has 0 heterocycles. The summed E-state index contributed by atoms with van der Waals surface area (Å²) >= 11 is 0. The molecule has 4 aromatic rings. The van der Waals surface area contributed by atoms with Crippen molar-refractivity contribution in [1.29, 1.82) is 0 Å². The van der Waals surface area contributed by atoms with Crippen LogP contribution in [0.1, 0.15) is 49.3 Å². The van der Waals surface area contributed by atoms with Crippen molar-refractivity contribution in [1.82, 2.24) is 0 Å². The summed E-state index contributed by atoms with van der Waals surface area (Å²) in [6.45, 7) is 5.10. The summed E-state index contributed by atoms with van der Waals surface area (Å²) < 4.78 is 5.92. The standard InChI is InChI=1S/C30H32N2O/c1-3-4-5-6-15-33-30-14-13-27-18-24(9-12-28(27)21-30)20-29(32-31)19-23-8-11-25-16-22(2)7-10-26(25)17-23/h7-14,16-18,21H,3-6,15,19-20H2,1-2H3. The molecule has 0 bridgehead atoms.